The Morgan fingerprint density at radius 1 is 1.57 bits per heavy atom. The minimum Gasteiger partial charge on any atom is -0.0991 e. The molecule has 0 atom stereocenters. The molecule has 0 nitrogen and oxygen atoms in total. The molecule has 0 aliphatic carbocycles. The Morgan fingerprint density at radius 2 is 2.14 bits per heavy atom. The van der Waals surface area contributed by atoms with Gasteiger partial charge in [0.05, 0.1) is 0 Å². The van der Waals surface area contributed by atoms with E-state index in [1.165, 1.54) is 0 Å². The highest BCUT2D eigenvalue weighted by Gasteiger charge is 1.65. The van der Waals surface area contributed by atoms with Crippen molar-refractivity contribution in [3.05, 3.63) is 37.0 Å². The SMILES string of the molecule is C=C/C=C\C(=C)C. The summed E-state index contributed by atoms with van der Waals surface area (Å²) in [5.74, 6) is 0. The fraction of sp³-hybridized carbons (Fsp3) is 0.143. The summed E-state index contributed by atoms with van der Waals surface area (Å²) in [6.07, 6.45) is 5.50. The van der Waals surface area contributed by atoms with Gasteiger partial charge in [-0.1, -0.05) is 37.0 Å². The average molecular weight is 94.2 g/mol. The summed E-state index contributed by atoms with van der Waals surface area (Å²) in [6.45, 7) is 9.11. The summed E-state index contributed by atoms with van der Waals surface area (Å²) < 4.78 is 0. The largest absolute Gasteiger partial charge is 0.0991 e. The summed E-state index contributed by atoms with van der Waals surface area (Å²) in [5, 5.41) is 0. The molecule has 0 aromatic heterocycles. The van der Waals surface area contributed by atoms with Crippen molar-refractivity contribution < 1.29 is 0 Å². The Labute approximate surface area is 44.9 Å². The lowest BCUT2D eigenvalue weighted by Gasteiger charge is -1.77. The monoisotopic (exact) mass is 94.1 g/mol. The van der Waals surface area contributed by atoms with E-state index in [1.54, 1.807) is 6.08 Å². The predicted molar refractivity (Wildman–Crippen MR) is 34.2 cm³/mol. The lowest BCUT2D eigenvalue weighted by atomic mass is 10.3. The fourth-order valence-corrected chi connectivity index (χ4v) is 0.232. The average Bonchev–Trinajstić information content (AvgIpc) is 1.61. The Balaban J connectivity index is 3.46. The van der Waals surface area contributed by atoms with E-state index >= 15 is 0 Å². The van der Waals surface area contributed by atoms with Crippen molar-refractivity contribution >= 4 is 0 Å². The molecule has 0 aromatic rings. The second-order valence-corrected chi connectivity index (χ2v) is 1.44. The third-order valence-corrected chi connectivity index (χ3v) is 0.517. The van der Waals surface area contributed by atoms with Crippen LogP contribution in [0.4, 0.5) is 0 Å². The molecule has 0 saturated heterocycles. The maximum atomic E-state index is 3.66. The Bertz CT molecular complexity index is 96.6. The van der Waals surface area contributed by atoms with Crippen LogP contribution >= 0.6 is 0 Å². The van der Waals surface area contributed by atoms with Crippen LogP contribution in [-0.2, 0) is 0 Å². The van der Waals surface area contributed by atoms with Gasteiger partial charge in [0.25, 0.3) is 0 Å². The first-order valence-electron chi connectivity index (χ1n) is 2.22. The molecule has 0 saturated carbocycles. The molecule has 38 valence electrons. The topological polar surface area (TPSA) is 0 Å². The van der Waals surface area contributed by atoms with Crippen molar-refractivity contribution in [2.75, 3.05) is 0 Å². The van der Waals surface area contributed by atoms with Gasteiger partial charge in [-0.3, -0.25) is 0 Å². The van der Waals surface area contributed by atoms with E-state index in [0.29, 0.717) is 0 Å². The Kier molecular flexibility index (Phi) is 3.03. The third kappa shape index (κ3) is 5.22. The number of hydrogen-bond acceptors (Lipinski definition) is 0. The maximum Gasteiger partial charge on any atom is -0.0404 e. The van der Waals surface area contributed by atoms with Crippen LogP contribution in [0.15, 0.2) is 37.0 Å². The summed E-state index contributed by atoms with van der Waals surface area (Å²) in [4.78, 5) is 0. The maximum absolute atomic E-state index is 3.66. The molecular formula is C7H10. The third-order valence-electron chi connectivity index (χ3n) is 0.517. The highest BCUT2D eigenvalue weighted by atomic mass is 13.7. The zero-order chi connectivity index (χ0) is 5.70. The minimum atomic E-state index is 1.06. The first kappa shape index (κ1) is 6.22. The van der Waals surface area contributed by atoms with Crippen LogP contribution in [0.2, 0.25) is 0 Å². The van der Waals surface area contributed by atoms with Gasteiger partial charge in [0.15, 0.2) is 0 Å². The highest BCUT2D eigenvalue weighted by Crippen LogP contribution is 1.86. The van der Waals surface area contributed by atoms with E-state index in [-0.39, 0.29) is 0 Å². The molecule has 0 aliphatic heterocycles. The summed E-state index contributed by atoms with van der Waals surface area (Å²) >= 11 is 0. The highest BCUT2D eigenvalue weighted by molar-refractivity contribution is 5.15. The van der Waals surface area contributed by atoms with Crippen molar-refractivity contribution in [1.82, 2.24) is 0 Å². The first-order chi connectivity index (χ1) is 3.27. The lowest BCUT2D eigenvalue weighted by Crippen LogP contribution is -1.55. The number of allylic oxidation sites excluding steroid dienone is 4. The van der Waals surface area contributed by atoms with E-state index < -0.39 is 0 Å². The fourth-order valence-electron chi connectivity index (χ4n) is 0.232. The first-order valence-corrected chi connectivity index (χ1v) is 2.22. The molecule has 0 fully saturated rings. The molecule has 0 rings (SSSR count). The Hall–Kier alpha value is -0.780. The van der Waals surface area contributed by atoms with Crippen molar-refractivity contribution in [1.29, 1.82) is 0 Å². The van der Waals surface area contributed by atoms with Crippen molar-refractivity contribution in [3.8, 4) is 0 Å². The second-order valence-electron chi connectivity index (χ2n) is 1.44. The molecule has 0 heteroatoms. The van der Waals surface area contributed by atoms with Gasteiger partial charge in [-0.15, -0.1) is 0 Å². The summed E-state index contributed by atoms with van der Waals surface area (Å²) in [7, 11) is 0. The summed E-state index contributed by atoms with van der Waals surface area (Å²) in [6, 6.07) is 0. The molecule has 0 radical (unpaired) electrons. The lowest BCUT2D eigenvalue weighted by molar-refractivity contribution is 1.56. The zero-order valence-corrected chi connectivity index (χ0v) is 4.65. The van der Waals surface area contributed by atoms with Crippen LogP contribution < -0.4 is 0 Å². The van der Waals surface area contributed by atoms with Gasteiger partial charge in [-0.05, 0) is 6.92 Å². The van der Waals surface area contributed by atoms with E-state index in [4.69, 9.17) is 0 Å². The van der Waals surface area contributed by atoms with Crippen LogP contribution in [-0.4, -0.2) is 0 Å². The van der Waals surface area contributed by atoms with Gasteiger partial charge in [0.2, 0.25) is 0 Å². The van der Waals surface area contributed by atoms with Crippen LogP contribution in [0, 0.1) is 0 Å². The molecule has 7 heavy (non-hydrogen) atoms. The molecule has 0 spiro atoms. The van der Waals surface area contributed by atoms with E-state index in [0.717, 1.165) is 5.57 Å². The number of hydrogen-bond donors (Lipinski definition) is 0. The van der Waals surface area contributed by atoms with Crippen molar-refractivity contribution in [2.45, 2.75) is 6.92 Å². The molecule has 0 heterocycles. The van der Waals surface area contributed by atoms with Gasteiger partial charge in [-0.2, -0.15) is 0 Å². The molecule has 0 bridgehead atoms. The van der Waals surface area contributed by atoms with Gasteiger partial charge in [0, 0.05) is 0 Å². The quantitative estimate of drug-likeness (QED) is 0.460. The van der Waals surface area contributed by atoms with Gasteiger partial charge >= 0.3 is 0 Å². The molecule has 0 aromatic carbocycles. The molecule has 0 aliphatic rings. The van der Waals surface area contributed by atoms with Gasteiger partial charge in [0.1, 0.15) is 0 Å². The van der Waals surface area contributed by atoms with Gasteiger partial charge in [-0.25, -0.2) is 0 Å². The second kappa shape index (κ2) is 3.41. The number of rotatable bonds is 2. The molecular weight excluding hydrogens is 84.1 g/mol. The van der Waals surface area contributed by atoms with Crippen LogP contribution in [0.1, 0.15) is 6.92 Å². The van der Waals surface area contributed by atoms with E-state index in [2.05, 4.69) is 13.2 Å². The predicted octanol–water partition coefficient (Wildman–Crippen LogP) is 2.30. The zero-order valence-electron chi connectivity index (χ0n) is 4.65. The van der Waals surface area contributed by atoms with Crippen LogP contribution in [0.25, 0.3) is 0 Å². The van der Waals surface area contributed by atoms with Crippen LogP contribution in [0.3, 0.4) is 0 Å². The standard InChI is InChI=1S/C7H10/c1-4-5-6-7(2)3/h4-6H,1-2H2,3H3/b6-5-. The van der Waals surface area contributed by atoms with Gasteiger partial charge < -0.3 is 0 Å². The van der Waals surface area contributed by atoms with Crippen LogP contribution in [0.5, 0.6) is 0 Å². The Morgan fingerprint density at radius 3 is 2.29 bits per heavy atom. The summed E-state index contributed by atoms with van der Waals surface area (Å²) in [5.41, 5.74) is 1.06. The molecule has 0 amide bonds. The van der Waals surface area contributed by atoms with Crippen molar-refractivity contribution in [2.24, 2.45) is 0 Å². The molecule has 0 unspecified atom stereocenters. The minimum absolute atomic E-state index is 1.06. The normalized spacial score (nSPS) is 9.29. The molecule has 0 N–H and O–H groups in total. The van der Waals surface area contributed by atoms with Crippen molar-refractivity contribution in [3.63, 3.8) is 0 Å². The van der Waals surface area contributed by atoms with E-state index in [1.807, 2.05) is 19.1 Å². The smallest absolute Gasteiger partial charge is 0.0404 e. The van der Waals surface area contributed by atoms with E-state index in [9.17, 15) is 0 Å².